The highest BCUT2D eigenvalue weighted by Crippen LogP contribution is 2.45. The first-order chi connectivity index (χ1) is 19.8. The monoisotopic (exact) mass is 559 g/mol. The highest BCUT2D eigenvalue weighted by atomic mass is 15.6. The molecular weight excluding hydrogens is 488 g/mol. The van der Waals surface area contributed by atoms with E-state index in [4.69, 9.17) is 0 Å². The summed E-state index contributed by atoms with van der Waals surface area (Å²) < 4.78 is 0. The molecule has 4 fully saturated rings. The van der Waals surface area contributed by atoms with Crippen LogP contribution >= 0.6 is 0 Å². The summed E-state index contributed by atoms with van der Waals surface area (Å²) in [6, 6.07) is 3.54. The summed E-state index contributed by atoms with van der Waals surface area (Å²) in [6.45, 7) is 9.44. The first-order valence-corrected chi connectivity index (χ1v) is 18.8. The molecule has 40 heavy (non-hydrogen) atoms. The minimum Gasteiger partial charge on any atom is -0.310 e. The first-order valence-electron chi connectivity index (χ1n) is 18.8. The van der Waals surface area contributed by atoms with E-state index in [9.17, 15) is 0 Å². The van der Waals surface area contributed by atoms with Gasteiger partial charge in [-0.1, -0.05) is 111 Å². The lowest BCUT2D eigenvalue weighted by atomic mass is 9.89. The molecule has 0 aromatic heterocycles. The van der Waals surface area contributed by atoms with Crippen LogP contribution in [0.3, 0.4) is 0 Å². The highest BCUT2D eigenvalue weighted by molar-refractivity contribution is 5.08. The lowest BCUT2D eigenvalue weighted by Gasteiger charge is -2.62. The van der Waals surface area contributed by atoms with Crippen LogP contribution in [-0.2, 0) is 0 Å². The SMILES string of the molecule is CCCCCCCCC(NCCC)C(NCCC)(N(C1CCCC1)C1CCCC1)N(C1CCCC1)C1CCCC1. The summed E-state index contributed by atoms with van der Waals surface area (Å²) >= 11 is 0. The molecule has 4 nitrogen and oxygen atoms in total. The van der Waals surface area contributed by atoms with E-state index in [1.54, 1.807) is 0 Å². The molecule has 1 atom stereocenters. The van der Waals surface area contributed by atoms with Crippen molar-refractivity contribution in [1.29, 1.82) is 0 Å². The summed E-state index contributed by atoms with van der Waals surface area (Å²) in [5.41, 5.74) is 0. The fourth-order valence-corrected chi connectivity index (χ4v) is 9.44. The zero-order chi connectivity index (χ0) is 28.0. The molecule has 0 aromatic carbocycles. The van der Waals surface area contributed by atoms with Crippen LogP contribution in [0.5, 0.6) is 0 Å². The molecule has 4 rings (SSSR count). The maximum absolute atomic E-state index is 4.55. The number of hydrogen-bond donors (Lipinski definition) is 2. The molecule has 0 aliphatic heterocycles. The number of nitrogens with zero attached hydrogens (tertiary/aromatic N) is 2. The first kappa shape index (κ1) is 32.7. The van der Waals surface area contributed by atoms with Crippen LogP contribution in [0.15, 0.2) is 0 Å². The van der Waals surface area contributed by atoms with Gasteiger partial charge >= 0.3 is 0 Å². The van der Waals surface area contributed by atoms with Crippen LogP contribution in [0, 0.1) is 0 Å². The molecular formula is C36H70N4. The second-order valence-electron chi connectivity index (χ2n) is 14.3. The summed E-state index contributed by atoms with van der Waals surface area (Å²) in [5.74, 6) is -0.0391. The molecule has 4 heteroatoms. The Morgan fingerprint density at radius 3 is 1.32 bits per heavy atom. The van der Waals surface area contributed by atoms with Crippen molar-refractivity contribution in [1.82, 2.24) is 20.4 Å². The summed E-state index contributed by atoms with van der Waals surface area (Å²) in [7, 11) is 0. The van der Waals surface area contributed by atoms with Crippen LogP contribution in [0.2, 0.25) is 0 Å². The van der Waals surface area contributed by atoms with Crippen LogP contribution < -0.4 is 10.6 Å². The average molecular weight is 559 g/mol. The number of hydrogen-bond acceptors (Lipinski definition) is 4. The van der Waals surface area contributed by atoms with Gasteiger partial charge in [0.15, 0.2) is 0 Å². The topological polar surface area (TPSA) is 30.5 Å². The Morgan fingerprint density at radius 2 is 0.925 bits per heavy atom. The number of unbranched alkanes of at least 4 members (excludes halogenated alkanes) is 5. The molecule has 0 radical (unpaired) electrons. The molecule has 0 aromatic rings. The molecule has 0 heterocycles. The predicted molar refractivity (Wildman–Crippen MR) is 174 cm³/mol. The smallest absolute Gasteiger partial charge is 0.145 e. The van der Waals surface area contributed by atoms with Gasteiger partial charge in [-0.15, -0.1) is 0 Å². The van der Waals surface area contributed by atoms with E-state index in [0.29, 0.717) is 6.04 Å². The van der Waals surface area contributed by atoms with E-state index in [1.807, 2.05) is 0 Å². The van der Waals surface area contributed by atoms with Crippen LogP contribution in [0.1, 0.15) is 181 Å². The van der Waals surface area contributed by atoms with Crippen molar-refractivity contribution < 1.29 is 0 Å². The third kappa shape index (κ3) is 8.26. The predicted octanol–water partition coefficient (Wildman–Crippen LogP) is 9.13. The number of nitrogens with one attached hydrogen (secondary N) is 2. The van der Waals surface area contributed by atoms with E-state index >= 15 is 0 Å². The molecule has 0 amide bonds. The fourth-order valence-electron chi connectivity index (χ4n) is 9.44. The quantitative estimate of drug-likeness (QED) is 0.115. The van der Waals surface area contributed by atoms with Gasteiger partial charge in [-0.3, -0.25) is 15.1 Å². The maximum Gasteiger partial charge on any atom is 0.145 e. The van der Waals surface area contributed by atoms with Gasteiger partial charge in [0.05, 0.1) is 6.04 Å². The second kappa shape index (κ2) is 17.8. The molecule has 1 unspecified atom stereocenters. The van der Waals surface area contributed by atoms with E-state index < -0.39 is 0 Å². The van der Waals surface area contributed by atoms with Crippen molar-refractivity contribution in [2.45, 2.75) is 217 Å². The zero-order valence-electron chi connectivity index (χ0n) is 27.4. The lowest BCUT2D eigenvalue weighted by Crippen LogP contribution is -2.82. The Morgan fingerprint density at radius 1 is 0.525 bits per heavy atom. The van der Waals surface area contributed by atoms with Gasteiger partial charge in [0.2, 0.25) is 0 Å². The van der Waals surface area contributed by atoms with Crippen molar-refractivity contribution in [2.75, 3.05) is 13.1 Å². The normalized spacial score (nSPS) is 23.0. The molecule has 234 valence electrons. The highest BCUT2D eigenvalue weighted by Gasteiger charge is 2.56. The van der Waals surface area contributed by atoms with Crippen molar-refractivity contribution in [3.05, 3.63) is 0 Å². The molecule has 4 saturated carbocycles. The van der Waals surface area contributed by atoms with Gasteiger partial charge in [0.25, 0.3) is 0 Å². The van der Waals surface area contributed by atoms with Gasteiger partial charge in [-0.25, -0.2) is 0 Å². The van der Waals surface area contributed by atoms with Crippen molar-refractivity contribution >= 4 is 0 Å². The van der Waals surface area contributed by atoms with E-state index in [-0.39, 0.29) is 5.79 Å². The van der Waals surface area contributed by atoms with Gasteiger partial charge in [0.1, 0.15) is 5.79 Å². The minimum absolute atomic E-state index is 0.0391. The summed E-state index contributed by atoms with van der Waals surface area (Å²) in [4.78, 5) is 6.51. The van der Waals surface area contributed by atoms with Crippen LogP contribution in [0.4, 0.5) is 0 Å². The van der Waals surface area contributed by atoms with Gasteiger partial charge in [-0.05, 0) is 83.7 Å². The Labute approximate surface area is 250 Å². The molecule has 2 N–H and O–H groups in total. The Kier molecular flexibility index (Phi) is 14.6. The number of rotatable bonds is 20. The lowest BCUT2D eigenvalue weighted by molar-refractivity contribution is -0.179. The van der Waals surface area contributed by atoms with E-state index in [1.165, 1.54) is 161 Å². The largest absolute Gasteiger partial charge is 0.310 e. The molecule has 4 aliphatic carbocycles. The molecule has 0 bridgehead atoms. The standard InChI is InChI=1S/C36H70N4/c1-4-7-8-9-10-11-28-35(37-29-5-2)36(38-30-6-3,39(31-20-12-13-21-31)32-22-14-15-23-32)40(33-24-16-17-25-33)34-26-18-19-27-34/h31-35,37-38H,4-30H2,1-3H3. The van der Waals surface area contributed by atoms with E-state index in [0.717, 1.165) is 37.3 Å². The maximum atomic E-state index is 4.55. The third-order valence-corrected chi connectivity index (χ3v) is 11.3. The van der Waals surface area contributed by atoms with Crippen LogP contribution in [0.25, 0.3) is 0 Å². The molecule has 0 spiro atoms. The third-order valence-electron chi connectivity index (χ3n) is 11.3. The summed E-state index contributed by atoms with van der Waals surface area (Å²) in [5, 5.41) is 8.88. The van der Waals surface area contributed by atoms with Crippen molar-refractivity contribution in [3.63, 3.8) is 0 Å². The molecule has 0 saturated heterocycles. The summed E-state index contributed by atoms with van der Waals surface area (Å²) in [6.07, 6.45) is 35.1. The Hall–Kier alpha value is -0.160. The van der Waals surface area contributed by atoms with Gasteiger partial charge < -0.3 is 5.32 Å². The second-order valence-corrected chi connectivity index (χ2v) is 14.3. The van der Waals surface area contributed by atoms with Gasteiger partial charge in [0, 0.05) is 24.2 Å². The average Bonchev–Trinajstić information content (AvgIpc) is 3.80. The van der Waals surface area contributed by atoms with Crippen LogP contribution in [-0.4, -0.2) is 58.9 Å². The van der Waals surface area contributed by atoms with E-state index in [2.05, 4.69) is 41.2 Å². The van der Waals surface area contributed by atoms with Crippen molar-refractivity contribution in [2.24, 2.45) is 0 Å². The Bertz CT molecular complexity index is 575. The van der Waals surface area contributed by atoms with Crippen molar-refractivity contribution in [3.8, 4) is 0 Å². The minimum atomic E-state index is -0.0391. The zero-order valence-corrected chi connectivity index (χ0v) is 27.4. The fraction of sp³-hybridized carbons (Fsp3) is 1.00. The molecule has 4 aliphatic rings. The van der Waals surface area contributed by atoms with Gasteiger partial charge in [-0.2, -0.15) is 0 Å². The Balaban J connectivity index is 1.79.